The second kappa shape index (κ2) is 6.02. The van der Waals surface area contributed by atoms with E-state index in [0.717, 1.165) is 35.2 Å². The molecule has 0 saturated carbocycles. The molecule has 1 aromatic heterocycles. The molecule has 0 saturated heterocycles. The van der Waals surface area contributed by atoms with Crippen LogP contribution in [0.1, 0.15) is 31.5 Å². The molecule has 2 N–H and O–H groups in total. The molecule has 0 aliphatic carbocycles. The van der Waals surface area contributed by atoms with Gasteiger partial charge in [-0.15, -0.1) is 0 Å². The van der Waals surface area contributed by atoms with Crippen molar-refractivity contribution >= 4 is 10.9 Å². The zero-order valence-corrected chi connectivity index (χ0v) is 11.9. The number of rotatable bonds is 5. The maximum Gasteiger partial charge on any atom is 0.145 e. The molecule has 102 valence electrons. The molecule has 0 spiro atoms. The van der Waals surface area contributed by atoms with Crippen molar-refractivity contribution < 1.29 is 4.74 Å². The van der Waals surface area contributed by atoms with E-state index in [0.29, 0.717) is 6.54 Å². The summed E-state index contributed by atoms with van der Waals surface area (Å²) in [6.07, 6.45) is 2.04. The van der Waals surface area contributed by atoms with Crippen LogP contribution in [-0.4, -0.2) is 17.6 Å². The Labute approximate surface area is 114 Å². The molecule has 0 bridgehead atoms. The quantitative estimate of drug-likeness (QED) is 0.895. The fourth-order valence-electron chi connectivity index (χ4n) is 2.22. The standard InChI is InChI=1S/C16H22N2O/c1-11(2)19-15-8-4-7-14-12(3)10-13(6-5-9-17)18-16(14)15/h4,7-8,10-11H,5-6,9,17H2,1-3H3. The van der Waals surface area contributed by atoms with Gasteiger partial charge >= 0.3 is 0 Å². The van der Waals surface area contributed by atoms with Gasteiger partial charge in [-0.05, 0) is 57.9 Å². The third kappa shape index (κ3) is 3.24. The summed E-state index contributed by atoms with van der Waals surface area (Å²) < 4.78 is 5.85. The monoisotopic (exact) mass is 258 g/mol. The van der Waals surface area contributed by atoms with Crippen LogP contribution in [0.15, 0.2) is 24.3 Å². The molecule has 1 aromatic carbocycles. The molecule has 1 heterocycles. The van der Waals surface area contributed by atoms with Gasteiger partial charge in [-0.3, -0.25) is 0 Å². The summed E-state index contributed by atoms with van der Waals surface area (Å²) in [5.74, 6) is 0.866. The minimum atomic E-state index is 0.153. The summed E-state index contributed by atoms with van der Waals surface area (Å²) in [4.78, 5) is 4.75. The predicted octanol–water partition coefficient (Wildman–Crippen LogP) is 3.22. The van der Waals surface area contributed by atoms with Crippen molar-refractivity contribution in [2.45, 2.75) is 39.7 Å². The lowest BCUT2D eigenvalue weighted by molar-refractivity contribution is 0.245. The van der Waals surface area contributed by atoms with E-state index in [1.807, 2.05) is 26.0 Å². The van der Waals surface area contributed by atoms with E-state index in [9.17, 15) is 0 Å². The minimum Gasteiger partial charge on any atom is -0.489 e. The fourth-order valence-corrected chi connectivity index (χ4v) is 2.22. The lowest BCUT2D eigenvalue weighted by Gasteiger charge is -2.13. The Hall–Kier alpha value is -1.61. The molecule has 0 fully saturated rings. The molecule has 0 atom stereocenters. The highest BCUT2D eigenvalue weighted by atomic mass is 16.5. The highest BCUT2D eigenvalue weighted by Gasteiger charge is 2.09. The highest BCUT2D eigenvalue weighted by molar-refractivity contribution is 5.87. The van der Waals surface area contributed by atoms with Crippen LogP contribution in [0.3, 0.4) is 0 Å². The number of aryl methyl sites for hydroxylation is 2. The smallest absolute Gasteiger partial charge is 0.145 e. The first-order valence-electron chi connectivity index (χ1n) is 6.87. The fraction of sp³-hybridized carbons (Fsp3) is 0.438. The second-order valence-electron chi connectivity index (χ2n) is 5.14. The van der Waals surface area contributed by atoms with Crippen molar-refractivity contribution in [3.8, 4) is 5.75 Å². The van der Waals surface area contributed by atoms with Gasteiger partial charge in [0.1, 0.15) is 11.3 Å². The largest absolute Gasteiger partial charge is 0.489 e. The van der Waals surface area contributed by atoms with Crippen LogP contribution in [0.5, 0.6) is 5.75 Å². The molecular weight excluding hydrogens is 236 g/mol. The van der Waals surface area contributed by atoms with Crippen LogP contribution >= 0.6 is 0 Å². The number of fused-ring (bicyclic) bond motifs is 1. The molecule has 0 unspecified atom stereocenters. The zero-order chi connectivity index (χ0) is 13.8. The third-order valence-corrected chi connectivity index (χ3v) is 3.06. The zero-order valence-electron chi connectivity index (χ0n) is 11.9. The Kier molecular flexibility index (Phi) is 4.38. The molecule has 0 amide bonds. The number of aromatic nitrogens is 1. The first-order valence-corrected chi connectivity index (χ1v) is 6.87. The van der Waals surface area contributed by atoms with E-state index < -0.39 is 0 Å². The van der Waals surface area contributed by atoms with E-state index in [1.54, 1.807) is 0 Å². The van der Waals surface area contributed by atoms with E-state index in [4.69, 9.17) is 15.5 Å². The third-order valence-electron chi connectivity index (χ3n) is 3.06. The molecule has 0 radical (unpaired) electrons. The van der Waals surface area contributed by atoms with Gasteiger partial charge in [-0.25, -0.2) is 4.98 Å². The van der Waals surface area contributed by atoms with Crippen molar-refractivity contribution in [2.75, 3.05) is 6.54 Å². The Balaban J connectivity index is 2.49. The van der Waals surface area contributed by atoms with Crippen LogP contribution in [0.25, 0.3) is 10.9 Å². The van der Waals surface area contributed by atoms with Gasteiger partial charge in [-0.1, -0.05) is 12.1 Å². The SMILES string of the molecule is Cc1cc(CCCN)nc2c(OC(C)C)cccc12. The van der Waals surface area contributed by atoms with Gasteiger partial charge in [0.05, 0.1) is 6.10 Å². The van der Waals surface area contributed by atoms with Crippen LogP contribution in [-0.2, 0) is 6.42 Å². The Morgan fingerprint density at radius 3 is 2.79 bits per heavy atom. The van der Waals surface area contributed by atoms with Gasteiger partial charge in [0.25, 0.3) is 0 Å². The molecule has 3 nitrogen and oxygen atoms in total. The topological polar surface area (TPSA) is 48.1 Å². The number of para-hydroxylation sites is 1. The van der Waals surface area contributed by atoms with Crippen LogP contribution in [0.2, 0.25) is 0 Å². The summed E-state index contributed by atoms with van der Waals surface area (Å²) in [5, 5.41) is 1.16. The van der Waals surface area contributed by atoms with E-state index >= 15 is 0 Å². The Morgan fingerprint density at radius 2 is 2.11 bits per heavy atom. The van der Waals surface area contributed by atoms with Gasteiger partial charge in [0, 0.05) is 11.1 Å². The average molecular weight is 258 g/mol. The summed E-state index contributed by atoms with van der Waals surface area (Å²) in [6.45, 7) is 6.88. The Morgan fingerprint density at radius 1 is 1.32 bits per heavy atom. The predicted molar refractivity (Wildman–Crippen MR) is 79.6 cm³/mol. The lowest BCUT2D eigenvalue weighted by Crippen LogP contribution is -2.07. The average Bonchev–Trinajstić information content (AvgIpc) is 2.37. The number of ether oxygens (including phenoxy) is 1. The summed E-state index contributed by atoms with van der Waals surface area (Å²) in [6, 6.07) is 8.25. The maximum absolute atomic E-state index is 5.85. The van der Waals surface area contributed by atoms with E-state index in [1.165, 1.54) is 5.56 Å². The molecule has 19 heavy (non-hydrogen) atoms. The van der Waals surface area contributed by atoms with Crippen molar-refractivity contribution in [3.63, 3.8) is 0 Å². The molecule has 0 aliphatic rings. The molecule has 2 aromatic rings. The number of benzene rings is 1. The second-order valence-corrected chi connectivity index (χ2v) is 5.14. The number of nitrogens with zero attached hydrogens (tertiary/aromatic N) is 1. The van der Waals surface area contributed by atoms with Gasteiger partial charge < -0.3 is 10.5 Å². The lowest BCUT2D eigenvalue weighted by atomic mass is 10.1. The maximum atomic E-state index is 5.85. The Bertz CT molecular complexity index is 564. The van der Waals surface area contributed by atoms with Crippen molar-refractivity contribution in [1.29, 1.82) is 0 Å². The number of pyridine rings is 1. The number of hydrogen-bond acceptors (Lipinski definition) is 3. The first kappa shape index (κ1) is 13.8. The van der Waals surface area contributed by atoms with Gasteiger partial charge in [0.2, 0.25) is 0 Å². The van der Waals surface area contributed by atoms with Crippen LogP contribution in [0.4, 0.5) is 0 Å². The van der Waals surface area contributed by atoms with E-state index in [-0.39, 0.29) is 6.10 Å². The van der Waals surface area contributed by atoms with E-state index in [2.05, 4.69) is 19.1 Å². The molecular formula is C16H22N2O. The molecule has 3 heteroatoms. The van der Waals surface area contributed by atoms with Crippen molar-refractivity contribution in [1.82, 2.24) is 4.98 Å². The first-order chi connectivity index (χ1) is 9.11. The molecule has 2 rings (SSSR count). The normalized spacial score (nSPS) is 11.2. The van der Waals surface area contributed by atoms with Crippen molar-refractivity contribution in [2.24, 2.45) is 5.73 Å². The van der Waals surface area contributed by atoms with Crippen LogP contribution < -0.4 is 10.5 Å². The van der Waals surface area contributed by atoms with Gasteiger partial charge in [-0.2, -0.15) is 0 Å². The van der Waals surface area contributed by atoms with Gasteiger partial charge in [0.15, 0.2) is 0 Å². The van der Waals surface area contributed by atoms with Crippen molar-refractivity contribution in [3.05, 3.63) is 35.5 Å². The molecule has 0 aliphatic heterocycles. The summed E-state index contributed by atoms with van der Waals surface area (Å²) in [7, 11) is 0. The minimum absolute atomic E-state index is 0.153. The summed E-state index contributed by atoms with van der Waals surface area (Å²) >= 11 is 0. The highest BCUT2D eigenvalue weighted by Crippen LogP contribution is 2.27. The number of nitrogens with two attached hydrogens (primary N) is 1. The summed E-state index contributed by atoms with van der Waals surface area (Å²) in [5.41, 5.74) is 8.87. The number of hydrogen-bond donors (Lipinski definition) is 1. The van der Waals surface area contributed by atoms with Crippen LogP contribution in [0, 0.1) is 6.92 Å².